The third kappa shape index (κ3) is 2.88. The molecule has 0 saturated carbocycles. The lowest BCUT2D eigenvalue weighted by Gasteiger charge is -2.13. The van der Waals surface area contributed by atoms with E-state index < -0.39 is 0 Å². The molecule has 0 saturated heterocycles. The van der Waals surface area contributed by atoms with Crippen molar-refractivity contribution in [2.45, 2.75) is 19.3 Å². The molecular weight excluding hydrogens is 370 g/mol. The summed E-state index contributed by atoms with van der Waals surface area (Å²) in [6.45, 7) is 2.05. The molecule has 4 rings (SSSR count). The second kappa shape index (κ2) is 6.48. The first kappa shape index (κ1) is 15.5. The van der Waals surface area contributed by atoms with Gasteiger partial charge in [-0.05, 0) is 36.8 Å². The third-order valence-corrected chi connectivity index (χ3v) is 5.06. The highest BCUT2D eigenvalue weighted by Crippen LogP contribution is 2.40. The molecule has 0 fully saturated rings. The number of nitrogens with one attached hydrogen (secondary N) is 1. The smallest absolute Gasteiger partial charge is 0.251 e. The highest BCUT2D eigenvalue weighted by atomic mass is 79.9. The van der Waals surface area contributed by atoms with Crippen molar-refractivity contribution < 1.29 is 14.3 Å². The zero-order valence-corrected chi connectivity index (χ0v) is 14.8. The van der Waals surface area contributed by atoms with Gasteiger partial charge in [-0.3, -0.25) is 4.79 Å². The molecule has 2 aliphatic heterocycles. The molecule has 5 heteroatoms. The van der Waals surface area contributed by atoms with Crippen molar-refractivity contribution in [2.24, 2.45) is 0 Å². The van der Waals surface area contributed by atoms with Gasteiger partial charge in [0.15, 0.2) is 0 Å². The Kier molecular flexibility index (Phi) is 4.19. The fraction of sp³-hybridized carbons (Fsp3) is 0.316. The number of hydrogen-bond donors (Lipinski definition) is 1. The maximum absolute atomic E-state index is 12.2. The van der Waals surface area contributed by atoms with Crippen LogP contribution >= 0.6 is 15.9 Å². The number of carbonyl (C=O) groups is 1. The Balaban J connectivity index is 1.47. The number of ether oxygens (including phenoxy) is 2. The van der Waals surface area contributed by atoms with Gasteiger partial charge in [0.1, 0.15) is 11.5 Å². The molecule has 4 nitrogen and oxygen atoms in total. The fourth-order valence-corrected chi connectivity index (χ4v) is 3.62. The minimum absolute atomic E-state index is 0.0520. The molecule has 24 heavy (non-hydrogen) atoms. The van der Waals surface area contributed by atoms with Crippen LogP contribution in [0.2, 0.25) is 0 Å². The highest BCUT2D eigenvalue weighted by molar-refractivity contribution is 9.10. The van der Waals surface area contributed by atoms with Crippen LogP contribution in [0.25, 0.3) is 0 Å². The normalized spacial score (nSPS) is 14.5. The average Bonchev–Trinajstić information content (AvgIpc) is 3.23. The molecule has 2 aromatic carbocycles. The molecule has 0 radical (unpaired) electrons. The molecule has 0 aromatic heterocycles. The van der Waals surface area contributed by atoms with Gasteiger partial charge in [-0.15, -0.1) is 0 Å². The Hall–Kier alpha value is -2.01. The van der Waals surface area contributed by atoms with Crippen LogP contribution in [0.4, 0.5) is 0 Å². The number of fused-ring (bicyclic) bond motifs is 2. The minimum atomic E-state index is -0.0520. The van der Waals surface area contributed by atoms with Crippen LogP contribution in [0, 0.1) is 0 Å². The summed E-state index contributed by atoms with van der Waals surface area (Å²) < 4.78 is 12.5. The van der Waals surface area contributed by atoms with Crippen LogP contribution in [0.15, 0.2) is 34.8 Å². The quantitative estimate of drug-likeness (QED) is 0.875. The molecule has 0 atom stereocenters. The molecule has 124 valence electrons. The second-order valence-electron chi connectivity index (χ2n) is 6.03. The van der Waals surface area contributed by atoms with E-state index in [0.717, 1.165) is 48.4 Å². The van der Waals surface area contributed by atoms with Gasteiger partial charge in [0, 0.05) is 46.1 Å². The largest absolute Gasteiger partial charge is 0.493 e. The number of amides is 1. The fourth-order valence-electron chi connectivity index (χ4n) is 3.35. The van der Waals surface area contributed by atoms with E-state index in [-0.39, 0.29) is 5.91 Å². The van der Waals surface area contributed by atoms with E-state index >= 15 is 0 Å². The van der Waals surface area contributed by atoms with E-state index in [1.54, 1.807) is 0 Å². The van der Waals surface area contributed by atoms with E-state index in [0.29, 0.717) is 12.1 Å². The standard InChI is InChI=1S/C19H18BrNO3/c20-14-3-1-12(2-4-14)19(22)21-8-5-16-15-7-10-23-17(15)11-13-6-9-24-18(13)16/h1-4,11H,5-10H2,(H,21,22). The second-order valence-corrected chi connectivity index (χ2v) is 6.95. The molecule has 2 aliphatic rings. The van der Waals surface area contributed by atoms with Crippen molar-refractivity contribution in [1.29, 1.82) is 0 Å². The predicted octanol–water partition coefficient (Wildman–Crippen LogP) is 3.29. The Morgan fingerprint density at radius 3 is 2.75 bits per heavy atom. The van der Waals surface area contributed by atoms with E-state index in [1.165, 1.54) is 16.7 Å². The summed E-state index contributed by atoms with van der Waals surface area (Å²) in [7, 11) is 0. The molecule has 1 amide bonds. The summed E-state index contributed by atoms with van der Waals surface area (Å²) >= 11 is 3.38. The molecule has 0 aliphatic carbocycles. The van der Waals surface area contributed by atoms with Gasteiger partial charge in [0.2, 0.25) is 0 Å². The summed E-state index contributed by atoms with van der Waals surface area (Å²) in [4.78, 5) is 12.2. The maximum Gasteiger partial charge on any atom is 0.251 e. The maximum atomic E-state index is 12.2. The zero-order valence-electron chi connectivity index (χ0n) is 13.2. The Labute approximate surface area is 149 Å². The number of benzene rings is 2. The summed E-state index contributed by atoms with van der Waals surface area (Å²) in [6, 6.07) is 9.49. The van der Waals surface area contributed by atoms with Crippen LogP contribution < -0.4 is 14.8 Å². The summed E-state index contributed by atoms with van der Waals surface area (Å²) in [5.41, 5.74) is 4.34. The molecule has 0 spiro atoms. The van der Waals surface area contributed by atoms with Crippen molar-refractivity contribution in [1.82, 2.24) is 5.32 Å². The summed E-state index contributed by atoms with van der Waals surface area (Å²) in [5.74, 6) is 1.95. The topological polar surface area (TPSA) is 47.6 Å². The first-order valence-corrected chi connectivity index (χ1v) is 8.98. The van der Waals surface area contributed by atoms with Crippen LogP contribution in [0.1, 0.15) is 27.0 Å². The molecular formula is C19H18BrNO3. The van der Waals surface area contributed by atoms with Crippen molar-refractivity contribution in [3.8, 4) is 11.5 Å². The van der Waals surface area contributed by atoms with Crippen molar-refractivity contribution in [3.63, 3.8) is 0 Å². The van der Waals surface area contributed by atoms with Gasteiger partial charge in [-0.2, -0.15) is 0 Å². The zero-order chi connectivity index (χ0) is 16.5. The molecule has 2 aromatic rings. The Morgan fingerprint density at radius 1 is 1.12 bits per heavy atom. The monoisotopic (exact) mass is 387 g/mol. The summed E-state index contributed by atoms with van der Waals surface area (Å²) in [5, 5.41) is 3.00. The van der Waals surface area contributed by atoms with Crippen LogP contribution in [-0.4, -0.2) is 25.7 Å². The molecule has 0 bridgehead atoms. The minimum Gasteiger partial charge on any atom is -0.493 e. The van der Waals surface area contributed by atoms with Gasteiger partial charge in [-0.1, -0.05) is 15.9 Å². The average molecular weight is 388 g/mol. The van der Waals surface area contributed by atoms with E-state index in [2.05, 4.69) is 27.3 Å². The molecule has 0 unspecified atom stereocenters. The summed E-state index contributed by atoms with van der Waals surface area (Å²) in [6.07, 6.45) is 2.61. The highest BCUT2D eigenvalue weighted by Gasteiger charge is 2.26. The van der Waals surface area contributed by atoms with Crippen LogP contribution in [0.5, 0.6) is 11.5 Å². The Bertz CT molecular complexity index is 754. The third-order valence-electron chi connectivity index (χ3n) is 4.53. The number of rotatable bonds is 4. The SMILES string of the molecule is O=C(NCCc1c2c(cc3c1OCC3)OCC2)c1ccc(Br)cc1. The lowest BCUT2D eigenvalue weighted by atomic mass is 9.97. The number of carbonyl (C=O) groups excluding carboxylic acids is 1. The van der Waals surface area contributed by atoms with Crippen molar-refractivity contribution in [3.05, 3.63) is 57.1 Å². The van der Waals surface area contributed by atoms with Crippen LogP contribution in [-0.2, 0) is 19.3 Å². The van der Waals surface area contributed by atoms with Gasteiger partial charge < -0.3 is 14.8 Å². The van der Waals surface area contributed by atoms with E-state index in [9.17, 15) is 4.79 Å². The first-order valence-electron chi connectivity index (χ1n) is 8.19. The van der Waals surface area contributed by atoms with Gasteiger partial charge >= 0.3 is 0 Å². The van der Waals surface area contributed by atoms with Gasteiger partial charge in [-0.25, -0.2) is 0 Å². The van der Waals surface area contributed by atoms with Gasteiger partial charge in [0.05, 0.1) is 13.2 Å². The van der Waals surface area contributed by atoms with Crippen LogP contribution in [0.3, 0.4) is 0 Å². The predicted molar refractivity (Wildman–Crippen MR) is 95.0 cm³/mol. The van der Waals surface area contributed by atoms with Crippen molar-refractivity contribution in [2.75, 3.05) is 19.8 Å². The lowest BCUT2D eigenvalue weighted by molar-refractivity contribution is 0.0954. The van der Waals surface area contributed by atoms with E-state index in [1.807, 2.05) is 24.3 Å². The molecule has 2 heterocycles. The number of hydrogen-bond acceptors (Lipinski definition) is 3. The molecule has 1 N–H and O–H groups in total. The van der Waals surface area contributed by atoms with Crippen molar-refractivity contribution >= 4 is 21.8 Å². The Morgan fingerprint density at radius 2 is 1.92 bits per heavy atom. The first-order chi connectivity index (χ1) is 11.7. The lowest BCUT2D eigenvalue weighted by Crippen LogP contribution is -2.26. The van der Waals surface area contributed by atoms with E-state index in [4.69, 9.17) is 9.47 Å². The van der Waals surface area contributed by atoms with Gasteiger partial charge in [0.25, 0.3) is 5.91 Å². The number of halogens is 1.